The zero-order chi connectivity index (χ0) is 20.4. The van der Waals surface area contributed by atoms with Crippen LogP contribution in [0.2, 0.25) is 0 Å². The molecule has 0 aliphatic carbocycles. The van der Waals surface area contributed by atoms with Gasteiger partial charge in [-0.15, -0.1) is 0 Å². The van der Waals surface area contributed by atoms with Crippen LogP contribution < -0.4 is 9.47 Å². The molecule has 1 fully saturated rings. The number of benzene rings is 2. The van der Waals surface area contributed by atoms with Gasteiger partial charge in [0.05, 0.1) is 20.8 Å². The van der Waals surface area contributed by atoms with Gasteiger partial charge in [0.25, 0.3) is 0 Å². The first-order valence-electron chi connectivity index (χ1n) is 9.64. The minimum absolute atomic E-state index is 0.173. The highest BCUT2D eigenvalue weighted by molar-refractivity contribution is 5.55. The number of hydrogen-bond donors (Lipinski definition) is 0. The molecule has 1 saturated heterocycles. The molecule has 1 aliphatic rings. The van der Waals surface area contributed by atoms with E-state index in [2.05, 4.69) is 15.0 Å². The van der Waals surface area contributed by atoms with Gasteiger partial charge in [-0.05, 0) is 56.1 Å². The van der Waals surface area contributed by atoms with Gasteiger partial charge in [-0.2, -0.15) is 4.98 Å². The van der Waals surface area contributed by atoms with Crippen molar-refractivity contribution in [3.63, 3.8) is 0 Å². The van der Waals surface area contributed by atoms with Crippen LogP contribution in [0.4, 0.5) is 4.39 Å². The number of methoxy groups -OCH3 is 2. The Hall–Kier alpha value is -2.93. The fourth-order valence-electron chi connectivity index (χ4n) is 3.81. The van der Waals surface area contributed by atoms with Crippen LogP contribution in [0.3, 0.4) is 0 Å². The lowest BCUT2D eigenvalue weighted by atomic mass is 10.0. The number of hydrogen-bond acceptors (Lipinski definition) is 6. The minimum atomic E-state index is -0.279. The lowest BCUT2D eigenvalue weighted by molar-refractivity contribution is 0.209. The van der Waals surface area contributed by atoms with E-state index >= 15 is 0 Å². The highest BCUT2D eigenvalue weighted by atomic mass is 19.1. The first-order chi connectivity index (χ1) is 14.1. The van der Waals surface area contributed by atoms with Gasteiger partial charge in [0.15, 0.2) is 0 Å². The SMILES string of the molecule is COc1ccc(OC)c(C2CCCN2Cc2nc(-c3ccc(C)c(F)c3)no2)c1. The Morgan fingerprint density at radius 2 is 2.03 bits per heavy atom. The second kappa shape index (κ2) is 8.21. The topological polar surface area (TPSA) is 60.6 Å². The van der Waals surface area contributed by atoms with Crippen LogP contribution in [-0.4, -0.2) is 35.8 Å². The molecule has 2 aromatic carbocycles. The number of aromatic nitrogens is 2. The van der Waals surface area contributed by atoms with Crippen molar-refractivity contribution < 1.29 is 18.4 Å². The molecule has 0 N–H and O–H groups in total. The van der Waals surface area contributed by atoms with E-state index in [1.54, 1.807) is 33.3 Å². The summed E-state index contributed by atoms with van der Waals surface area (Å²) < 4.78 is 30.3. The third kappa shape index (κ3) is 3.96. The molecule has 1 aromatic heterocycles. The smallest absolute Gasteiger partial charge is 0.241 e. The van der Waals surface area contributed by atoms with Gasteiger partial charge in [-0.3, -0.25) is 4.90 Å². The van der Waals surface area contributed by atoms with Gasteiger partial charge in [0, 0.05) is 17.2 Å². The van der Waals surface area contributed by atoms with Crippen molar-refractivity contribution >= 4 is 0 Å². The average Bonchev–Trinajstić information content (AvgIpc) is 3.39. The molecule has 29 heavy (non-hydrogen) atoms. The molecule has 1 atom stereocenters. The minimum Gasteiger partial charge on any atom is -0.497 e. The van der Waals surface area contributed by atoms with Gasteiger partial charge < -0.3 is 14.0 Å². The van der Waals surface area contributed by atoms with Crippen molar-refractivity contribution in [2.24, 2.45) is 0 Å². The third-order valence-corrected chi connectivity index (χ3v) is 5.40. The Labute approximate surface area is 169 Å². The normalized spacial score (nSPS) is 16.9. The van der Waals surface area contributed by atoms with Crippen molar-refractivity contribution in [3.05, 3.63) is 59.2 Å². The van der Waals surface area contributed by atoms with E-state index in [4.69, 9.17) is 14.0 Å². The van der Waals surface area contributed by atoms with Crippen LogP contribution >= 0.6 is 0 Å². The summed E-state index contributed by atoms with van der Waals surface area (Å²) in [5.41, 5.74) is 2.28. The number of halogens is 1. The van der Waals surface area contributed by atoms with E-state index in [0.29, 0.717) is 29.4 Å². The number of ether oxygens (including phenoxy) is 2. The van der Waals surface area contributed by atoms with Crippen molar-refractivity contribution in [1.29, 1.82) is 0 Å². The standard InChI is InChI=1S/C22H24FN3O3/c1-14-6-7-15(11-18(14)23)22-24-21(29-25-22)13-26-10-4-5-19(26)17-12-16(27-2)8-9-20(17)28-3/h6-9,11-12,19H,4-5,10,13H2,1-3H3. The molecule has 0 spiro atoms. The van der Waals surface area contributed by atoms with Crippen LogP contribution in [0.25, 0.3) is 11.4 Å². The van der Waals surface area contributed by atoms with Crippen molar-refractivity contribution in [2.75, 3.05) is 20.8 Å². The Morgan fingerprint density at radius 1 is 1.17 bits per heavy atom. The first kappa shape index (κ1) is 19.4. The molecule has 2 heterocycles. The molecule has 6 nitrogen and oxygen atoms in total. The van der Waals surface area contributed by atoms with E-state index in [0.717, 1.165) is 36.4 Å². The molecule has 152 valence electrons. The molecular weight excluding hydrogens is 373 g/mol. The van der Waals surface area contributed by atoms with Gasteiger partial charge in [0.2, 0.25) is 11.7 Å². The van der Waals surface area contributed by atoms with Crippen molar-refractivity contribution in [2.45, 2.75) is 32.4 Å². The lowest BCUT2D eigenvalue weighted by Gasteiger charge is -2.25. The second-order valence-electron chi connectivity index (χ2n) is 7.21. The zero-order valence-electron chi connectivity index (χ0n) is 16.8. The Morgan fingerprint density at radius 3 is 2.79 bits per heavy atom. The number of rotatable bonds is 6. The summed E-state index contributed by atoms with van der Waals surface area (Å²) in [5, 5.41) is 4.03. The Bertz CT molecular complexity index is 1000. The van der Waals surface area contributed by atoms with Crippen LogP contribution in [0.1, 0.15) is 35.9 Å². The molecule has 0 radical (unpaired) electrons. The number of nitrogens with zero attached hydrogens (tertiary/aromatic N) is 3. The van der Waals surface area contributed by atoms with Crippen molar-refractivity contribution in [3.8, 4) is 22.9 Å². The van der Waals surface area contributed by atoms with E-state index in [-0.39, 0.29) is 11.9 Å². The van der Waals surface area contributed by atoms with E-state index in [1.807, 2.05) is 18.2 Å². The molecule has 1 aliphatic heterocycles. The van der Waals surface area contributed by atoms with Crippen LogP contribution in [0.15, 0.2) is 40.9 Å². The molecule has 0 bridgehead atoms. The van der Waals surface area contributed by atoms with Crippen LogP contribution in [0, 0.1) is 12.7 Å². The summed E-state index contributed by atoms with van der Waals surface area (Å²) in [7, 11) is 3.33. The maximum atomic E-state index is 13.9. The zero-order valence-corrected chi connectivity index (χ0v) is 16.8. The first-order valence-corrected chi connectivity index (χ1v) is 9.64. The molecule has 0 saturated carbocycles. The van der Waals surface area contributed by atoms with Gasteiger partial charge in [0.1, 0.15) is 17.3 Å². The second-order valence-corrected chi connectivity index (χ2v) is 7.21. The Balaban J connectivity index is 1.55. The van der Waals surface area contributed by atoms with Gasteiger partial charge >= 0.3 is 0 Å². The largest absolute Gasteiger partial charge is 0.497 e. The maximum absolute atomic E-state index is 13.9. The summed E-state index contributed by atoms with van der Waals surface area (Å²) in [4.78, 5) is 6.77. The fraction of sp³-hybridized carbons (Fsp3) is 0.364. The summed E-state index contributed by atoms with van der Waals surface area (Å²) >= 11 is 0. The maximum Gasteiger partial charge on any atom is 0.241 e. The summed E-state index contributed by atoms with van der Waals surface area (Å²) in [6.45, 7) is 3.16. The predicted molar refractivity (Wildman–Crippen MR) is 106 cm³/mol. The summed E-state index contributed by atoms with van der Waals surface area (Å²) in [5.74, 6) is 2.26. The van der Waals surface area contributed by atoms with Crippen molar-refractivity contribution in [1.82, 2.24) is 15.0 Å². The highest BCUT2D eigenvalue weighted by Crippen LogP contribution is 2.39. The molecule has 7 heteroatoms. The molecule has 4 rings (SSSR count). The molecule has 1 unspecified atom stereocenters. The van der Waals surface area contributed by atoms with Gasteiger partial charge in [-0.1, -0.05) is 17.3 Å². The van der Waals surface area contributed by atoms with Crippen LogP contribution in [-0.2, 0) is 6.54 Å². The summed E-state index contributed by atoms with van der Waals surface area (Å²) in [6.07, 6.45) is 2.07. The highest BCUT2D eigenvalue weighted by Gasteiger charge is 2.30. The van der Waals surface area contributed by atoms with E-state index < -0.39 is 0 Å². The number of aryl methyl sites for hydroxylation is 1. The third-order valence-electron chi connectivity index (χ3n) is 5.40. The fourth-order valence-corrected chi connectivity index (χ4v) is 3.81. The van der Waals surface area contributed by atoms with Gasteiger partial charge in [-0.25, -0.2) is 4.39 Å². The summed E-state index contributed by atoms with van der Waals surface area (Å²) in [6, 6.07) is 11.0. The molecule has 3 aromatic rings. The monoisotopic (exact) mass is 397 g/mol. The van der Waals surface area contributed by atoms with Crippen LogP contribution in [0.5, 0.6) is 11.5 Å². The number of likely N-dealkylation sites (tertiary alicyclic amines) is 1. The average molecular weight is 397 g/mol. The Kier molecular flexibility index (Phi) is 5.49. The van der Waals surface area contributed by atoms with E-state index in [1.165, 1.54) is 6.07 Å². The molecule has 0 amide bonds. The quantitative estimate of drug-likeness (QED) is 0.609. The lowest BCUT2D eigenvalue weighted by Crippen LogP contribution is -2.23. The van der Waals surface area contributed by atoms with E-state index in [9.17, 15) is 4.39 Å². The molecular formula is C22H24FN3O3. The predicted octanol–water partition coefficient (Wildman–Crippen LogP) is 4.54.